The standard InChI is InChI=1S/C21H25N5O3/c1-14(20(27)22-15-7-8-16-17(13-15)24-21(28)23-16)25-9-11-26(12-10-25)18-5-3-4-6-19(18)29-2/h3-8,13-14H,9-12H2,1-2H3,(H,22,27)(H2,23,24,28)/p+1/t14-/m0/s1. The largest absolute Gasteiger partial charge is 0.495 e. The third kappa shape index (κ3) is 3.97. The number of anilines is 2. The smallest absolute Gasteiger partial charge is 0.323 e. The minimum Gasteiger partial charge on any atom is -0.495 e. The molecule has 2 heterocycles. The first kappa shape index (κ1) is 19.1. The molecule has 0 spiro atoms. The average molecular weight is 396 g/mol. The van der Waals surface area contributed by atoms with Crippen LogP contribution in [0, 0.1) is 0 Å². The van der Waals surface area contributed by atoms with Crippen molar-refractivity contribution < 1.29 is 14.4 Å². The maximum absolute atomic E-state index is 12.8. The summed E-state index contributed by atoms with van der Waals surface area (Å²) in [5, 5.41) is 2.97. The Balaban J connectivity index is 1.37. The molecule has 8 nitrogen and oxygen atoms in total. The van der Waals surface area contributed by atoms with Crippen molar-refractivity contribution in [3.63, 3.8) is 0 Å². The van der Waals surface area contributed by atoms with Crippen LogP contribution >= 0.6 is 0 Å². The van der Waals surface area contributed by atoms with E-state index in [1.807, 2.05) is 25.1 Å². The van der Waals surface area contributed by atoms with Gasteiger partial charge in [-0.2, -0.15) is 0 Å². The van der Waals surface area contributed by atoms with Crippen LogP contribution in [-0.4, -0.2) is 55.2 Å². The number of ether oxygens (including phenoxy) is 1. The fourth-order valence-electron chi connectivity index (χ4n) is 3.91. The lowest BCUT2D eigenvalue weighted by molar-refractivity contribution is -0.914. The molecule has 0 bridgehead atoms. The number of benzene rings is 2. The Morgan fingerprint density at radius 1 is 1.14 bits per heavy atom. The lowest BCUT2D eigenvalue weighted by Crippen LogP contribution is -3.19. The Hall–Kier alpha value is -3.26. The van der Waals surface area contributed by atoms with E-state index >= 15 is 0 Å². The zero-order valence-electron chi connectivity index (χ0n) is 16.6. The predicted molar refractivity (Wildman–Crippen MR) is 113 cm³/mol. The maximum Gasteiger partial charge on any atom is 0.323 e. The summed E-state index contributed by atoms with van der Waals surface area (Å²) in [6, 6.07) is 13.2. The summed E-state index contributed by atoms with van der Waals surface area (Å²) >= 11 is 0. The minimum atomic E-state index is -0.255. The van der Waals surface area contributed by atoms with Crippen LogP contribution in [0.1, 0.15) is 6.92 Å². The van der Waals surface area contributed by atoms with Gasteiger partial charge in [0.05, 0.1) is 50.0 Å². The molecule has 152 valence electrons. The third-order valence-electron chi connectivity index (χ3n) is 5.62. The van der Waals surface area contributed by atoms with Gasteiger partial charge in [-0.15, -0.1) is 0 Å². The number of nitrogens with zero attached hydrogens (tertiary/aromatic N) is 1. The highest BCUT2D eigenvalue weighted by Crippen LogP contribution is 2.27. The highest BCUT2D eigenvalue weighted by molar-refractivity contribution is 5.95. The molecule has 0 aliphatic carbocycles. The normalized spacial score (nSPS) is 16.0. The first-order valence-electron chi connectivity index (χ1n) is 9.80. The average Bonchev–Trinajstić information content (AvgIpc) is 3.12. The van der Waals surface area contributed by atoms with E-state index in [-0.39, 0.29) is 17.6 Å². The van der Waals surface area contributed by atoms with Gasteiger partial charge in [0, 0.05) is 5.69 Å². The van der Waals surface area contributed by atoms with Crippen LogP contribution < -0.4 is 25.5 Å². The van der Waals surface area contributed by atoms with E-state index in [2.05, 4.69) is 26.3 Å². The van der Waals surface area contributed by atoms with Crippen molar-refractivity contribution in [2.75, 3.05) is 43.5 Å². The minimum absolute atomic E-state index is 0.0250. The number of imidazole rings is 1. The number of quaternary nitrogens is 1. The number of nitrogens with one attached hydrogen (secondary N) is 4. The predicted octanol–water partition coefficient (Wildman–Crippen LogP) is 0.597. The number of carbonyl (C=O) groups excluding carboxylic acids is 1. The van der Waals surface area contributed by atoms with Crippen LogP contribution in [0.5, 0.6) is 5.75 Å². The Morgan fingerprint density at radius 3 is 2.62 bits per heavy atom. The van der Waals surface area contributed by atoms with E-state index in [1.165, 1.54) is 4.90 Å². The van der Waals surface area contributed by atoms with E-state index in [4.69, 9.17) is 4.74 Å². The van der Waals surface area contributed by atoms with Crippen molar-refractivity contribution in [1.29, 1.82) is 0 Å². The molecule has 2 aromatic carbocycles. The number of hydrogen-bond acceptors (Lipinski definition) is 4. The topological polar surface area (TPSA) is 94.7 Å². The highest BCUT2D eigenvalue weighted by atomic mass is 16.5. The van der Waals surface area contributed by atoms with Crippen molar-refractivity contribution in [2.24, 2.45) is 0 Å². The number of methoxy groups -OCH3 is 1. The van der Waals surface area contributed by atoms with Gasteiger partial charge in [-0.3, -0.25) is 4.79 Å². The summed E-state index contributed by atoms with van der Waals surface area (Å²) in [6.07, 6.45) is 0. The van der Waals surface area contributed by atoms with Crippen molar-refractivity contribution in [2.45, 2.75) is 13.0 Å². The maximum atomic E-state index is 12.8. The molecule has 4 N–H and O–H groups in total. The van der Waals surface area contributed by atoms with Gasteiger partial charge < -0.3 is 29.8 Å². The van der Waals surface area contributed by atoms with Crippen molar-refractivity contribution in [3.05, 3.63) is 52.9 Å². The van der Waals surface area contributed by atoms with Gasteiger partial charge in [-0.05, 0) is 37.3 Å². The molecule has 1 atom stereocenters. The van der Waals surface area contributed by atoms with E-state index in [9.17, 15) is 9.59 Å². The number of amides is 1. The monoisotopic (exact) mass is 396 g/mol. The quantitative estimate of drug-likeness (QED) is 0.508. The SMILES string of the molecule is COc1ccccc1N1CC[NH+]([C@@H](C)C(=O)Nc2ccc3[nH]c(=O)[nH]c3c2)CC1. The first-order valence-corrected chi connectivity index (χ1v) is 9.80. The van der Waals surface area contributed by atoms with Crippen molar-refractivity contribution >= 4 is 28.3 Å². The number of aromatic amines is 2. The molecule has 0 saturated carbocycles. The Bertz CT molecular complexity index is 1070. The molecular weight excluding hydrogens is 370 g/mol. The van der Waals surface area contributed by atoms with Gasteiger partial charge >= 0.3 is 5.69 Å². The molecule has 1 aliphatic rings. The Labute approximate surface area is 168 Å². The molecule has 1 aromatic heterocycles. The molecule has 29 heavy (non-hydrogen) atoms. The van der Waals surface area contributed by atoms with Gasteiger partial charge in [0.15, 0.2) is 6.04 Å². The fraction of sp³-hybridized carbons (Fsp3) is 0.333. The molecule has 1 aliphatic heterocycles. The lowest BCUT2D eigenvalue weighted by Gasteiger charge is -2.36. The van der Waals surface area contributed by atoms with Crippen LogP contribution in [0.15, 0.2) is 47.3 Å². The van der Waals surface area contributed by atoms with Gasteiger partial charge in [0.25, 0.3) is 5.91 Å². The van der Waals surface area contributed by atoms with Gasteiger partial charge in [0.1, 0.15) is 5.75 Å². The molecule has 0 unspecified atom stereocenters. The molecular formula is C21H26N5O3+. The molecule has 1 amide bonds. The van der Waals surface area contributed by atoms with Crippen molar-refractivity contribution in [1.82, 2.24) is 9.97 Å². The van der Waals surface area contributed by atoms with E-state index in [0.717, 1.165) is 43.1 Å². The second kappa shape index (κ2) is 8.00. The van der Waals surface area contributed by atoms with Crippen LogP contribution in [0.4, 0.5) is 11.4 Å². The lowest BCUT2D eigenvalue weighted by atomic mass is 10.2. The van der Waals surface area contributed by atoms with Crippen LogP contribution in [0.25, 0.3) is 11.0 Å². The first-order chi connectivity index (χ1) is 14.0. The molecule has 3 aromatic rings. The Kier molecular flexibility index (Phi) is 5.26. The molecule has 8 heteroatoms. The fourth-order valence-corrected chi connectivity index (χ4v) is 3.91. The van der Waals surface area contributed by atoms with Crippen LogP contribution in [-0.2, 0) is 4.79 Å². The summed E-state index contributed by atoms with van der Waals surface area (Å²) in [5.41, 5.74) is 2.92. The Morgan fingerprint density at radius 2 is 1.86 bits per heavy atom. The van der Waals surface area contributed by atoms with E-state index < -0.39 is 0 Å². The molecule has 4 rings (SSSR count). The number of aromatic nitrogens is 2. The van der Waals surface area contributed by atoms with Crippen LogP contribution in [0.3, 0.4) is 0 Å². The zero-order valence-corrected chi connectivity index (χ0v) is 16.6. The number of para-hydroxylation sites is 2. The summed E-state index contributed by atoms with van der Waals surface area (Å²) in [4.78, 5) is 33.1. The number of H-pyrrole nitrogens is 2. The summed E-state index contributed by atoms with van der Waals surface area (Å²) in [7, 11) is 1.69. The second-order valence-corrected chi connectivity index (χ2v) is 7.37. The van der Waals surface area contributed by atoms with Crippen molar-refractivity contribution in [3.8, 4) is 5.75 Å². The number of rotatable bonds is 5. The zero-order chi connectivity index (χ0) is 20.4. The van der Waals surface area contributed by atoms with Crippen LogP contribution in [0.2, 0.25) is 0 Å². The number of fused-ring (bicyclic) bond motifs is 1. The number of carbonyl (C=O) groups is 1. The molecule has 1 saturated heterocycles. The third-order valence-corrected chi connectivity index (χ3v) is 5.62. The van der Waals surface area contributed by atoms with E-state index in [1.54, 1.807) is 25.3 Å². The highest BCUT2D eigenvalue weighted by Gasteiger charge is 2.30. The number of hydrogen-bond donors (Lipinski definition) is 4. The van der Waals surface area contributed by atoms with Gasteiger partial charge in [0.2, 0.25) is 0 Å². The molecule has 1 fully saturated rings. The van der Waals surface area contributed by atoms with E-state index in [0.29, 0.717) is 11.2 Å². The summed E-state index contributed by atoms with van der Waals surface area (Å²) in [6.45, 7) is 5.43. The van der Waals surface area contributed by atoms with Gasteiger partial charge in [-0.25, -0.2) is 4.79 Å². The number of piperazine rings is 1. The second-order valence-electron chi connectivity index (χ2n) is 7.37. The molecule has 0 radical (unpaired) electrons. The summed E-state index contributed by atoms with van der Waals surface area (Å²) in [5.74, 6) is 0.850. The van der Waals surface area contributed by atoms with Gasteiger partial charge in [-0.1, -0.05) is 12.1 Å². The summed E-state index contributed by atoms with van der Waals surface area (Å²) < 4.78 is 5.47.